The first-order valence-corrected chi connectivity index (χ1v) is 6.05. The van der Waals surface area contributed by atoms with E-state index in [1.807, 2.05) is 0 Å². The summed E-state index contributed by atoms with van der Waals surface area (Å²) in [7, 11) is 0. The zero-order valence-corrected chi connectivity index (χ0v) is 10.1. The molecule has 0 saturated carbocycles. The lowest BCUT2D eigenvalue weighted by molar-refractivity contribution is 0.227. The van der Waals surface area contributed by atoms with E-state index >= 15 is 0 Å². The first-order chi connectivity index (χ1) is 6.70. The Hall–Kier alpha value is -0.0800. The van der Waals surface area contributed by atoms with Crippen molar-refractivity contribution in [2.45, 2.75) is 58.9 Å². The molecule has 0 amide bonds. The number of aliphatic hydroxyl groups is 1. The van der Waals surface area contributed by atoms with Crippen LogP contribution in [0.2, 0.25) is 0 Å². The molecule has 0 rings (SSSR count). The van der Waals surface area contributed by atoms with Gasteiger partial charge >= 0.3 is 0 Å². The second-order valence-electron chi connectivity index (χ2n) is 4.43. The molecule has 2 nitrogen and oxygen atoms in total. The third-order valence-corrected chi connectivity index (χ3v) is 2.67. The molecular weight excluding hydrogens is 174 g/mol. The molecule has 0 fully saturated rings. The van der Waals surface area contributed by atoms with Crippen molar-refractivity contribution in [3.63, 3.8) is 0 Å². The summed E-state index contributed by atoms with van der Waals surface area (Å²) in [6.07, 6.45) is 6.20. The molecule has 0 bridgehead atoms. The molecule has 2 N–H and O–H groups in total. The summed E-state index contributed by atoms with van der Waals surface area (Å²) >= 11 is 0. The van der Waals surface area contributed by atoms with Crippen molar-refractivity contribution in [3.05, 3.63) is 0 Å². The molecular formula is C12H27NO. The smallest absolute Gasteiger partial charge is 0.0456 e. The van der Waals surface area contributed by atoms with Gasteiger partial charge in [0.1, 0.15) is 0 Å². The van der Waals surface area contributed by atoms with Gasteiger partial charge in [-0.3, -0.25) is 0 Å². The zero-order chi connectivity index (χ0) is 10.8. The number of hydrogen-bond acceptors (Lipinski definition) is 2. The van der Waals surface area contributed by atoms with E-state index in [9.17, 15) is 0 Å². The molecule has 0 aromatic carbocycles. The summed E-state index contributed by atoms with van der Waals surface area (Å²) in [4.78, 5) is 0. The lowest BCUT2D eigenvalue weighted by atomic mass is 10.1. The minimum atomic E-state index is 0.325. The van der Waals surface area contributed by atoms with Gasteiger partial charge in [0.15, 0.2) is 0 Å². The van der Waals surface area contributed by atoms with Crippen molar-refractivity contribution in [1.29, 1.82) is 0 Å². The first-order valence-electron chi connectivity index (χ1n) is 6.05. The van der Waals surface area contributed by atoms with Gasteiger partial charge in [-0.05, 0) is 38.6 Å². The molecule has 2 atom stereocenters. The normalized spacial score (nSPS) is 15.4. The molecule has 0 heterocycles. The molecule has 0 aliphatic rings. The molecule has 0 aliphatic carbocycles. The SMILES string of the molecule is CCCCC(C)NCCCC(C)CO. The van der Waals surface area contributed by atoms with Crippen molar-refractivity contribution < 1.29 is 5.11 Å². The summed E-state index contributed by atoms with van der Waals surface area (Å²) in [6.45, 7) is 8.00. The van der Waals surface area contributed by atoms with Crippen LogP contribution < -0.4 is 5.32 Å². The summed E-state index contributed by atoms with van der Waals surface area (Å²) in [5.74, 6) is 0.461. The highest BCUT2D eigenvalue weighted by atomic mass is 16.3. The fourth-order valence-corrected chi connectivity index (χ4v) is 1.50. The fourth-order valence-electron chi connectivity index (χ4n) is 1.50. The van der Waals surface area contributed by atoms with Gasteiger partial charge in [-0.15, -0.1) is 0 Å². The molecule has 86 valence electrons. The van der Waals surface area contributed by atoms with E-state index in [4.69, 9.17) is 5.11 Å². The van der Waals surface area contributed by atoms with Crippen molar-refractivity contribution in [2.24, 2.45) is 5.92 Å². The Labute approximate surface area is 89.1 Å². The van der Waals surface area contributed by atoms with Crippen LogP contribution in [-0.2, 0) is 0 Å². The largest absolute Gasteiger partial charge is 0.396 e. The van der Waals surface area contributed by atoms with E-state index in [1.165, 1.54) is 25.7 Å². The molecule has 2 heteroatoms. The Morgan fingerprint density at radius 3 is 2.43 bits per heavy atom. The van der Waals surface area contributed by atoms with Gasteiger partial charge in [-0.1, -0.05) is 26.7 Å². The van der Waals surface area contributed by atoms with Crippen LogP contribution >= 0.6 is 0 Å². The van der Waals surface area contributed by atoms with Gasteiger partial charge in [0, 0.05) is 12.6 Å². The lowest BCUT2D eigenvalue weighted by Crippen LogP contribution is -2.27. The monoisotopic (exact) mass is 201 g/mol. The van der Waals surface area contributed by atoms with Crippen LogP contribution in [0.1, 0.15) is 52.9 Å². The second kappa shape index (κ2) is 9.47. The van der Waals surface area contributed by atoms with Crippen LogP contribution in [0, 0.1) is 5.92 Å². The molecule has 0 aromatic rings. The Kier molecular flexibility index (Phi) is 9.42. The summed E-state index contributed by atoms with van der Waals surface area (Å²) in [6, 6.07) is 0.652. The van der Waals surface area contributed by atoms with E-state index in [0.29, 0.717) is 18.6 Å². The second-order valence-corrected chi connectivity index (χ2v) is 4.43. The zero-order valence-electron chi connectivity index (χ0n) is 10.1. The van der Waals surface area contributed by atoms with Gasteiger partial charge in [-0.2, -0.15) is 0 Å². The van der Waals surface area contributed by atoms with E-state index in [0.717, 1.165) is 13.0 Å². The van der Waals surface area contributed by atoms with E-state index in [-0.39, 0.29) is 0 Å². The first kappa shape index (κ1) is 13.9. The van der Waals surface area contributed by atoms with E-state index < -0.39 is 0 Å². The number of nitrogens with one attached hydrogen (secondary N) is 1. The maximum Gasteiger partial charge on any atom is 0.0456 e. The van der Waals surface area contributed by atoms with Gasteiger partial charge in [-0.25, -0.2) is 0 Å². The van der Waals surface area contributed by atoms with Crippen molar-refractivity contribution >= 4 is 0 Å². The average molecular weight is 201 g/mol. The minimum Gasteiger partial charge on any atom is -0.396 e. The molecule has 0 aromatic heterocycles. The van der Waals surface area contributed by atoms with Gasteiger partial charge < -0.3 is 10.4 Å². The predicted molar refractivity (Wildman–Crippen MR) is 62.5 cm³/mol. The van der Waals surface area contributed by atoms with Crippen LogP contribution in [0.15, 0.2) is 0 Å². The predicted octanol–water partition coefficient (Wildman–Crippen LogP) is 2.56. The molecule has 0 spiro atoms. The molecule has 14 heavy (non-hydrogen) atoms. The average Bonchev–Trinajstić information content (AvgIpc) is 2.21. The minimum absolute atomic E-state index is 0.325. The highest BCUT2D eigenvalue weighted by Crippen LogP contribution is 2.04. The molecule has 0 saturated heterocycles. The van der Waals surface area contributed by atoms with Crippen molar-refractivity contribution in [1.82, 2.24) is 5.32 Å². The Balaban J connectivity index is 3.18. The van der Waals surface area contributed by atoms with E-state index in [2.05, 4.69) is 26.1 Å². The third-order valence-electron chi connectivity index (χ3n) is 2.67. The number of rotatable bonds is 9. The summed E-state index contributed by atoms with van der Waals surface area (Å²) < 4.78 is 0. The number of hydrogen-bond donors (Lipinski definition) is 2. The lowest BCUT2D eigenvalue weighted by Gasteiger charge is -2.14. The maximum atomic E-state index is 8.84. The van der Waals surface area contributed by atoms with Crippen LogP contribution in [0.25, 0.3) is 0 Å². The van der Waals surface area contributed by atoms with Gasteiger partial charge in [0.05, 0.1) is 0 Å². The highest BCUT2D eigenvalue weighted by Gasteiger charge is 2.01. The standard InChI is InChI=1S/C12H27NO/c1-4-5-8-12(3)13-9-6-7-11(2)10-14/h11-14H,4-10H2,1-3H3. The van der Waals surface area contributed by atoms with Crippen LogP contribution in [-0.4, -0.2) is 24.3 Å². The Bertz CT molecular complexity index is 117. The number of aliphatic hydroxyl groups excluding tert-OH is 1. The molecule has 2 unspecified atom stereocenters. The summed E-state index contributed by atoms with van der Waals surface area (Å²) in [5, 5.41) is 12.4. The third kappa shape index (κ3) is 8.52. The van der Waals surface area contributed by atoms with Crippen LogP contribution in [0.4, 0.5) is 0 Å². The Morgan fingerprint density at radius 1 is 1.14 bits per heavy atom. The van der Waals surface area contributed by atoms with E-state index in [1.54, 1.807) is 0 Å². The summed E-state index contributed by atoms with van der Waals surface area (Å²) in [5.41, 5.74) is 0. The number of unbranched alkanes of at least 4 members (excludes halogenated alkanes) is 1. The van der Waals surface area contributed by atoms with Crippen molar-refractivity contribution in [3.8, 4) is 0 Å². The van der Waals surface area contributed by atoms with Crippen molar-refractivity contribution in [2.75, 3.05) is 13.2 Å². The molecule has 0 radical (unpaired) electrons. The maximum absolute atomic E-state index is 8.84. The fraction of sp³-hybridized carbons (Fsp3) is 1.00. The van der Waals surface area contributed by atoms with Gasteiger partial charge in [0.25, 0.3) is 0 Å². The van der Waals surface area contributed by atoms with Crippen LogP contribution in [0.3, 0.4) is 0 Å². The molecule has 0 aliphatic heterocycles. The topological polar surface area (TPSA) is 32.3 Å². The Morgan fingerprint density at radius 2 is 1.86 bits per heavy atom. The van der Waals surface area contributed by atoms with Gasteiger partial charge in [0.2, 0.25) is 0 Å². The quantitative estimate of drug-likeness (QED) is 0.562. The highest BCUT2D eigenvalue weighted by molar-refractivity contribution is 4.61. The van der Waals surface area contributed by atoms with Crippen LogP contribution in [0.5, 0.6) is 0 Å².